The van der Waals surface area contributed by atoms with Crippen LogP contribution in [0, 0.1) is 60.8 Å². The molecule has 0 saturated heterocycles. The van der Waals surface area contributed by atoms with Gasteiger partial charge in [-0.2, -0.15) is 6.92 Å². The second-order valence-corrected chi connectivity index (χ2v) is 7.72. The normalized spacial score (nSPS) is 10.8. The number of pyridine rings is 2. The molecule has 0 spiro atoms. The van der Waals surface area contributed by atoms with Gasteiger partial charge in [-0.05, 0) is 30.2 Å². The number of halogens is 2. The van der Waals surface area contributed by atoms with E-state index in [4.69, 9.17) is 4.74 Å². The Hall–Kier alpha value is -2.84. The molecule has 1 aliphatic rings. The molecule has 3 aromatic rings. The molecule has 0 unspecified atom stereocenters. The van der Waals surface area contributed by atoms with Crippen LogP contribution in [-0.4, -0.2) is 40.5 Å². The molecule has 13 heteroatoms. The maximum absolute atomic E-state index is 12.8. The van der Waals surface area contributed by atoms with Gasteiger partial charge >= 0.3 is 18.9 Å². The Balaban J connectivity index is 0.000000703. The van der Waals surface area contributed by atoms with Gasteiger partial charge in [0.1, 0.15) is 17.1 Å². The van der Waals surface area contributed by atoms with Crippen LogP contribution in [-0.2, 0) is 21.2 Å². The first-order valence-electron chi connectivity index (χ1n) is 10.8. The molecule has 0 radical (unpaired) electrons. The fourth-order valence-electron chi connectivity index (χ4n) is 2.54. The summed E-state index contributed by atoms with van der Waals surface area (Å²) >= 11 is 1.37. The van der Waals surface area contributed by atoms with Crippen LogP contribution < -0.4 is 23.6 Å². The van der Waals surface area contributed by atoms with Crippen LogP contribution >= 0.6 is 11.3 Å². The first-order valence-corrected chi connectivity index (χ1v) is 11.6. The fourth-order valence-corrected chi connectivity index (χ4v) is 2.90. The molecule has 1 aliphatic carbocycles. The van der Waals surface area contributed by atoms with Gasteiger partial charge in [-0.1, -0.05) is 18.7 Å². The molecule has 1 fully saturated rings. The number of methoxy groups -OCH3 is 1. The van der Waals surface area contributed by atoms with E-state index in [-0.39, 0.29) is 57.9 Å². The third-order valence-electron chi connectivity index (χ3n) is 4.39. The number of ether oxygens (including phenoxy) is 2. The van der Waals surface area contributed by atoms with E-state index in [1.165, 1.54) is 49.7 Å². The van der Waals surface area contributed by atoms with Gasteiger partial charge in [-0.3, -0.25) is 26.9 Å². The Bertz CT molecular complexity index is 1270. The van der Waals surface area contributed by atoms with E-state index in [0.29, 0.717) is 24.8 Å². The summed E-state index contributed by atoms with van der Waals surface area (Å²) < 4.78 is 35.4. The molecule has 1 saturated carbocycles. The smallest absolute Gasteiger partial charge is 0.494 e. The Morgan fingerprint density at radius 3 is 2.38 bits per heavy atom. The van der Waals surface area contributed by atoms with Crippen LogP contribution in [0.25, 0.3) is 11.1 Å². The van der Waals surface area contributed by atoms with Gasteiger partial charge in [-0.15, -0.1) is 16.7 Å². The Morgan fingerprint density at radius 1 is 1.18 bits per heavy atom. The quantitative estimate of drug-likeness (QED) is 0.189. The first-order chi connectivity index (χ1) is 18.0. The second-order valence-electron chi connectivity index (χ2n) is 6.94. The van der Waals surface area contributed by atoms with E-state index in [1.54, 1.807) is 0 Å². The SMILES string of the molecule is C(#CC1CC1)c1nn[c-]s1.[CH2-]C#Cc1cc(-c2cc(C(F)F)ncc2OC)c(N=O)cn1.[CH2-]COC[CH2-].[Li+].[Ni]. The molecule has 3 heterocycles. The Kier molecular flexibility index (Phi) is 18.7. The zero-order valence-electron chi connectivity index (χ0n) is 21.4. The topological polar surface area (TPSA) is 99.5 Å². The van der Waals surface area contributed by atoms with Crippen LogP contribution in [0.5, 0.6) is 5.75 Å². The second kappa shape index (κ2) is 20.1. The van der Waals surface area contributed by atoms with Crippen LogP contribution in [0.15, 0.2) is 29.7 Å². The molecule has 8 nitrogen and oxygen atoms in total. The van der Waals surface area contributed by atoms with Crippen LogP contribution in [0.1, 0.15) is 35.7 Å². The minimum Gasteiger partial charge on any atom is -0.494 e. The number of hydrogen-bond acceptors (Lipinski definition) is 9. The van der Waals surface area contributed by atoms with Crippen LogP contribution in [0.3, 0.4) is 0 Å². The molecule has 0 N–H and O–H groups in total. The monoisotopic (exact) mass is 588 g/mol. The summed E-state index contributed by atoms with van der Waals surface area (Å²) in [7, 11) is 1.37. The minimum atomic E-state index is -2.75. The van der Waals surface area contributed by atoms with E-state index in [0.717, 1.165) is 11.1 Å². The molecule has 0 bridgehead atoms. The van der Waals surface area contributed by atoms with Gasteiger partial charge in [-0.25, -0.2) is 13.9 Å². The van der Waals surface area contributed by atoms with Crippen LogP contribution in [0.4, 0.5) is 14.5 Å². The summed E-state index contributed by atoms with van der Waals surface area (Å²) in [6.07, 6.45) is 2.14. The zero-order valence-corrected chi connectivity index (χ0v) is 23.2. The summed E-state index contributed by atoms with van der Waals surface area (Å²) in [5.41, 5.74) is 3.07. The van der Waals surface area contributed by atoms with E-state index in [9.17, 15) is 13.7 Å². The van der Waals surface area contributed by atoms with E-state index in [1.807, 2.05) is 0 Å². The van der Waals surface area contributed by atoms with Crippen molar-refractivity contribution in [3.63, 3.8) is 0 Å². The summed E-state index contributed by atoms with van der Waals surface area (Å²) in [6, 6.07) is 2.61. The van der Waals surface area contributed by atoms with Gasteiger partial charge < -0.3 is 34.7 Å². The van der Waals surface area contributed by atoms with Gasteiger partial charge in [0.2, 0.25) is 0 Å². The molecule has 0 amide bonds. The zero-order chi connectivity index (χ0) is 27.0. The number of nitroso groups, excluding NO2 is 1. The molecular weight excluding hydrogens is 566 g/mol. The van der Waals surface area contributed by atoms with Crippen molar-refractivity contribution in [1.82, 2.24) is 20.2 Å². The third kappa shape index (κ3) is 12.7. The van der Waals surface area contributed by atoms with Gasteiger partial charge in [0, 0.05) is 44.2 Å². The number of nitrogens with zero attached hydrogens (tertiary/aromatic N) is 5. The largest absolute Gasteiger partial charge is 1.00 e. The number of aromatic nitrogens is 4. The molecule has 0 aliphatic heterocycles. The predicted octanol–water partition coefficient (Wildman–Crippen LogP) is 2.45. The number of alkyl halides is 2. The molecule has 0 atom stereocenters. The van der Waals surface area contributed by atoms with Crippen molar-refractivity contribution in [2.75, 3.05) is 20.3 Å². The average Bonchev–Trinajstić information content (AvgIpc) is 3.60. The van der Waals surface area contributed by atoms with E-state index in [2.05, 4.69) is 80.0 Å². The molecule has 4 rings (SSSR count). The van der Waals surface area contributed by atoms with Crippen molar-refractivity contribution in [2.45, 2.75) is 19.3 Å². The maximum Gasteiger partial charge on any atom is 1.00 e. The number of hydrogen-bond donors (Lipinski definition) is 0. The van der Waals surface area contributed by atoms with Gasteiger partial charge in [0.25, 0.3) is 6.43 Å². The minimum absolute atomic E-state index is 0. The van der Waals surface area contributed by atoms with E-state index < -0.39 is 12.1 Å². The molecule has 39 heavy (non-hydrogen) atoms. The Morgan fingerprint density at radius 2 is 1.90 bits per heavy atom. The van der Waals surface area contributed by atoms with Crippen LogP contribution in [0.2, 0.25) is 0 Å². The molecule has 3 aromatic heterocycles. The van der Waals surface area contributed by atoms with Crippen molar-refractivity contribution < 1.29 is 53.6 Å². The summed E-state index contributed by atoms with van der Waals surface area (Å²) in [6.45, 7) is 11.3. The summed E-state index contributed by atoms with van der Waals surface area (Å²) in [5, 5.41) is 11.0. The fraction of sp³-hybridized carbons (Fsp3) is 0.269. The van der Waals surface area contributed by atoms with Crippen molar-refractivity contribution in [1.29, 1.82) is 0 Å². The van der Waals surface area contributed by atoms with Crippen molar-refractivity contribution in [3.05, 3.63) is 72.1 Å². The summed E-state index contributed by atoms with van der Waals surface area (Å²) in [4.78, 5) is 18.5. The van der Waals surface area contributed by atoms with Crippen molar-refractivity contribution >= 4 is 17.0 Å². The maximum atomic E-state index is 12.8. The van der Waals surface area contributed by atoms with Gasteiger partial charge in [0.15, 0.2) is 0 Å². The van der Waals surface area contributed by atoms with Crippen molar-refractivity contribution in [2.24, 2.45) is 11.1 Å². The molecule has 0 aromatic carbocycles. The predicted molar refractivity (Wildman–Crippen MR) is 137 cm³/mol. The van der Waals surface area contributed by atoms with Crippen molar-refractivity contribution in [3.8, 4) is 40.6 Å². The van der Waals surface area contributed by atoms with Gasteiger partial charge in [0.05, 0.1) is 19.5 Å². The first kappa shape index (κ1) is 36.2. The number of rotatable bonds is 6. The average molecular weight is 589 g/mol. The molecule has 204 valence electrons. The summed E-state index contributed by atoms with van der Waals surface area (Å²) in [5.74, 6) is 12.0. The standard InChI is InChI=1S/C15H10F2N3O2.C7H5N2S.C4H8O.Li.Ni/c1-3-4-9-5-10(13(20-21)7-18-9)11-6-12(15(16)17)19-8-14(11)22-2;1-2-6(1)3-4-7-9-8-5-10-7;1-3-5-4-2;;/h5-8,15H,1H2,2H3;6H,1-2H2;1-4H2;;/q2*-1;-2;+1;. The van der Waals surface area contributed by atoms with E-state index >= 15 is 0 Å². The third-order valence-corrected chi connectivity index (χ3v) is 4.94. The molecular formula is C26H23F2LiN5NiO3S-3. The Labute approximate surface area is 253 Å².